The summed E-state index contributed by atoms with van der Waals surface area (Å²) >= 11 is 0. The number of anilines is 1. The molecule has 5 heteroatoms. The van der Waals surface area contributed by atoms with Crippen molar-refractivity contribution in [1.82, 2.24) is 15.0 Å². The van der Waals surface area contributed by atoms with Crippen LogP contribution in [0.3, 0.4) is 0 Å². The molecule has 0 aromatic carbocycles. The second-order valence-corrected chi connectivity index (χ2v) is 3.35. The number of rotatable bonds is 3. The molecule has 2 aliphatic rings. The minimum absolute atomic E-state index is 0.0121. The first-order valence-electron chi connectivity index (χ1n) is 4.85. The lowest BCUT2D eigenvalue weighted by Gasteiger charge is -2.06. The fourth-order valence-corrected chi connectivity index (χ4v) is 1.50. The lowest BCUT2D eigenvalue weighted by molar-refractivity contribution is 0.0977. The summed E-state index contributed by atoms with van der Waals surface area (Å²) in [7, 11) is 0. The van der Waals surface area contributed by atoms with E-state index in [0.717, 1.165) is 12.1 Å². The van der Waals surface area contributed by atoms with E-state index >= 15 is 0 Å². The SMILES string of the molecule is CCCC(=O)c1nc(N)[nH]c2ccnc1-2. The zero-order valence-corrected chi connectivity index (χ0v) is 8.45. The van der Waals surface area contributed by atoms with Crippen LogP contribution in [-0.4, -0.2) is 20.7 Å². The van der Waals surface area contributed by atoms with Crippen molar-refractivity contribution in [2.24, 2.45) is 0 Å². The number of carbonyl (C=O) groups excluding carboxylic acids is 1. The number of nitrogens with zero attached hydrogens (tertiary/aromatic N) is 2. The van der Waals surface area contributed by atoms with Gasteiger partial charge in [-0.3, -0.25) is 9.78 Å². The maximum Gasteiger partial charge on any atom is 0.198 e. The van der Waals surface area contributed by atoms with Gasteiger partial charge >= 0.3 is 0 Å². The number of fused-ring (bicyclic) bond motifs is 1. The Morgan fingerprint density at radius 1 is 1.60 bits per heavy atom. The summed E-state index contributed by atoms with van der Waals surface area (Å²) in [6, 6.07) is 1.77. The van der Waals surface area contributed by atoms with Gasteiger partial charge in [-0.2, -0.15) is 0 Å². The minimum atomic E-state index is -0.0121. The van der Waals surface area contributed by atoms with E-state index in [9.17, 15) is 4.79 Å². The van der Waals surface area contributed by atoms with Crippen LogP contribution in [-0.2, 0) is 0 Å². The zero-order valence-electron chi connectivity index (χ0n) is 8.45. The van der Waals surface area contributed by atoms with E-state index in [2.05, 4.69) is 15.0 Å². The van der Waals surface area contributed by atoms with Gasteiger partial charge in [-0.15, -0.1) is 0 Å². The molecule has 0 saturated carbocycles. The van der Waals surface area contributed by atoms with E-state index in [4.69, 9.17) is 5.73 Å². The summed E-state index contributed by atoms with van der Waals surface area (Å²) in [5, 5.41) is 0. The second-order valence-electron chi connectivity index (χ2n) is 3.35. The molecule has 78 valence electrons. The van der Waals surface area contributed by atoms with Crippen molar-refractivity contribution in [3.8, 4) is 11.4 Å². The first kappa shape index (κ1) is 9.64. The molecule has 0 amide bonds. The lowest BCUT2D eigenvalue weighted by atomic mass is 10.1. The molecular weight excluding hydrogens is 192 g/mol. The highest BCUT2D eigenvalue weighted by Gasteiger charge is 2.18. The Morgan fingerprint density at radius 2 is 2.40 bits per heavy atom. The molecular formula is C10H12N4O. The standard InChI is InChI=1S/C10H12N4O/c1-2-3-7(15)9-8-6(4-5-12-8)13-10(11)14-9/h4-5H,2-3H2,1H3,(H3,11,13,14). The van der Waals surface area contributed by atoms with E-state index in [0.29, 0.717) is 17.8 Å². The van der Waals surface area contributed by atoms with Crippen LogP contribution in [0.15, 0.2) is 12.3 Å². The number of ketones is 1. The van der Waals surface area contributed by atoms with Gasteiger partial charge in [0.25, 0.3) is 0 Å². The number of Topliss-reactive ketones (excluding diaryl/α,β-unsaturated/α-hetero) is 1. The molecule has 5 nitrogen and oxygen atoms in total. The van der Waals surface area contributed by atoms with Crippen LogP contribution in [0.5, 0.6) is 0 Å². The summed E-state index contributed by atoms with van der Waals surface area (Å²) in [6.07, 6.45) is 2.89. The van der Waals surface area contributed by atoms with Crippen molar-refractivity contribution in [2.45, 2.75) is 19.8 Å². The number of hydrogen-bond donors (Lipinski definition) is 2. The van der Waals surface area contributed by atoms with E-state index in [-0.39, 0.29) is 11.7 Å². The lowest BCUT2D eigenvalue weighted by Crippen LogP contribution is -2.09. The molecule has 0 atom stereocenters. The Labute approximate surface area is 87.1 Å². The Hall–Kier alpha value is -1.91. The summed E-state index contributed by atoms with van der Waals surface area (Å²) in [5.74, 6) is 0.233. The van der Waals surface area contributed by atoms with Crippen LogP contribution in [0, 0.1) is 0 Å². The summed E-state index contributed by atoms with van der Waals surface area (Å²) in [6.45, 7) is 1.95. The molecule has 2 heterocycles. The van der Waals surface area contributed by atoms with Crippen LogP contribution >= 0.6 is 0 Å². The molecule has 0 aliphatic carbocycles. The summed E-state index contributed by atoms with van der Waals surface area (Å²) in [4.78, 5) is 22.7. The normalized spacial score (nSPS) is 10.7. The minimum Gasteiger partial charge on any atom is -0.369 e. The van der Waals surface area contributed by atoms with Crippen molar-refractivity contribution in [3.05, 3.63) is 18.0 Å². The van der Waals surface area contributed by atoms with Crippen molar-refractivity contribution in [2.75, 3.05) is 5.73 Å². The van der Waals surface area contributed by atoms with Gasteiger partial charge in [0.1, 0.15) is 11.4 Å². The number of aromatic nitrogens is 3. The zero-order chi connectivity index (χ0) is 10.8. The molecule has 3 N–H and O–H groups in total. The van der Waals surface area contributed by atoms with Gasteiger partial charge in [0.15, 0.2) is 11.7 Å². The predicted molar refractivity (Wildman–Crippen MR) is 56.7 cm³/mol. The molecule has 0 aromatic rings. The van der Waals surface area contributed by atoms with Crippen LogP contribution in [0.4, 0.5) is 5.95 Å². The van der Waals surface area contributed by atoms with Gasteiger partial charge in [-0.1, -0.05) is 6.92 Å². The van der Waals surface area contributed by atoms with Crippen molar-refractivity contribution < 1.29 is 4.79 Å². The highest BCUT2D eigenvalue weighted by atomic mass is 16.1. The smallest absolute Gasteiger partial charge is 0.198 e. The molecule has 0 fully saturated rings. The molecule has 0 bridgehead atoms. The highest BCUT2D eigenvalue weighted by molar-refractivity contribution is 5.99. The number of H-pyrrole nitrogens is 1. The Kier molecular flexibility index (Phi) is 2.37. The molecule has 0 unspecified atom stereocenters. The Morgan fingerprint density at radius 3 is 3.13 bits per heavy atom. The highest BCUT2D eigenvalue weighted by Crippen LogP contribution is 2.22. The average molecular weight is 204 g/mol. The second kappa shape index (κ2) is 3.68. The maximum atomic E-state index is 11.7. The molecule has 15 heavy (non-hydrogen) atoms. The largest absolute Gasteiger partial charge is 0.369 e. The van der Waals surface area contributed by atoms with Crippen LogP contribution in [0.1, 0.15) is 30.3 Å². The monoisotopic (exact) mass is 204 g/mol. The van der Waals surface area contributed by atoms with E-state index < -0.39 is 0 Å². The molecule has 0 radical (unpaired) electrons. The number of nitrogen functional groups attached to an aromatic ring is 1. The quantitative estimate of drug-likeness (QED) is 0.741. The van der Waals surface area contributed by atoms with Gasteiger partial charge in [0.2, 0.25) is 0 Å². The third-order valence-corrected chi connectivity index (χ3v) is 2.16. The molecule has 0 saturated heterocycles. The number of aromatic amines is 1. The molecule has 2 aliphatic heterocycles. The summed E-state index contributed by atoms with van der Waals surface area (Å²) in [5.41, 5.74) is 7.29. The summed E-state index contributed by atoms with van der Waals surface area (Å²) < 4.78 is 0. The first-order chi connectivity index (χ1) is 7.22. The van der Waals surface area contributed by atoms with Gasteiger partial charge in [-0.05, 0) is 12.5 Å². The topological polar surface area (TPSA) is 84.7 Å². The van der Waals surface area contributed by atoms with Gasteiger partial charge in [0, 0.05) is 12.6 Å². The predicted octanol–water partition coefficient (Wildman–Crippen LogP) is 1.47. The van der Waals surface area contributed by atoms with Gasteiger partial charge < -0.3 is 10.7 Å². The first-order valence-corrected chi connectivity index (χ1v) is 4.85. The van der Waals surface area contributed by atoms with E-state index in [1.807, 2.05) is 6.92 Å². The number of hydrogen-bond acceptors (Lipinski definition) is 4. The Bertz CT molecular complexity index is 463. The van der Waals surface area contributed by atoms with Crippen LogP contribution < -0.4 is 5.73 Å². The number of nitrogens with one attached hydrogen (secondary N) is 1. The van der Waals surface area contributed by atoms with Crippen LogP contribution in [0.2, 0.25) is 0 Å². The van der Waals surface area contributed by atoms with E-state index in [1.165, 1.54) is 0 Å². The maximum absolute atomic E-state index is 11.7. The van der Waals surface area contributed by atoms with Crippen molar-refractivity contribution in [1.29, 1.82) is 0 Å². The third kappa shape index (κ3) is 1.68. The third-order valence-electron chi connectivity index (χ3n) is 2.16. The number of carbonyl (C=O) groups is 1. The number of nitrogens with two attached hydrogens (primary N) is 1. The molecule has 0 aromatic heterocycles. The fraction of sp³-hybridized carbons (Fsp3) is 0.300. The molecule has 0 spiro atoms. The van der Waals surface area contributed by atoms with E-state index in [1.54, 1.807) is 12.3 Å². The Balaban J connectivity index is 2.51. The van der Waals surface area contributed by atoms with Crippen molar-refractivity contribution in [3.63, 3.8) is 0 Å². The fourth-order valence-electron chi connectivity index (χ4n) is 1.50. The average Bonchev–Trinajstić information content (AvgIpc) is 2.64. The van der Waals surface area contributed by atoms with Crippen molar-refractivity contribution >= 4 is 11.7 Å². The molecule has 2 rings (SSSR count). The van der Waals surface area contributed by atoms with Gasteiger partial charge in [-0.25, -0.2) is 4.98 Å². The van der Waals surface area contributed by atoms with Crippen LogP contribution in [0.25, 0.3) is 11.4 Å². The van der Waals surface area contributed by atoms with Gasteiger partial charge in [0.05, 0.1) is 5.69 Å².